The van der Waals surface area contributed by atoms with Crippen LogP contribution in [-0.2, 0) is 0 Å². The molecule has 80 valence electrons. The van der Waals surface area contributed by atoms with Crippen molar-refractivity contribution in [2.75, 3.05) is 0 Å². The van der Waals surface area contributed by atoms with E-state index in [0.29, 0.717) is 10.2 Å². The summed E-state index contributed by atoms with van der Waals surface area (Å²) in [6.45, 7) is 3.62. The van der Waals surface area contributed by atoms with Gasteiger partial charge in [0.2, 0.25) is 0 Å². The number of ether oxygens (including phenoxy) is 1. The number of benzene rings is 1. The molecule has 0 N–H and O–H groups in total. The van der Waals surface area contributed by atoms with Crippen LogP contribution >= 0.6 is 15.9 Å². The van der Waals surface area contributed by atoms with Gasteiger partial charge in [-0.2, -0.15) is 0 Å². The minimum absolute atomic E-state index is 0.0672. The Hall–Kier alpha value is -0.900. The van der Waals surface area contributed by atoms with Gasteiger partial charge in [-0.15, -0.1) is 0 Å². The van der Waals surface area contributed by atoms with Crippen molar-refractivity contribution in [3.05, 3.63) is 28.0 Å². The lowest BCUT2D eigenvalue weighted by atomic mass is 9.93. The van der Waals surface area contributed by atoms with Gasteiger partial charge in [0.05, 0.1) is 12.0 Å². The molecule has 15 heavy (non-hydrogen) atoms. The molecule has 2 nitrogen and oxygen atoms in total. The number of ketones is 1. The lowest BCUT2D eigenvalue weighted by Crippen LogP contribution is -2.36. The third-order valence-electron chi connectivity index (χ3n) is 2.27. The fraction of sp³-hybridized carbons (Fsp3) is 0.364. The molecule has 0 fully saturated rings. The molecule has 0 bridgehead atoms. The molecular weight excluding hydrogens is 263 g/mol. The first-order chi connectivity index (χ1) is 6.89. The van der Waals surface area contributed by atoms with Gasteiger partial charge in [0.25, 0.3) is 0 Å². The molecule has 0 unspecified atom stereocenters. The topological polar surface area (TPSA) is 26.3 Å². The first-order valence-electron chi connectivity index (χ1n) is 4.60. The quantitative estimate of drug-likeness (QED) is 0.724. The molecule has 0 saturated carbocycles. The van der Waals surface area contributed by atoms with E-state index in [1.807, 2.05) is 13.8 Å². The van der Waals surface area contributed by atoms with Crippen LogP contribution in [0.1, 0.15) is 30.6 Å². The Morgan fingerprint density at radius 2 is 2.13 bits per heavy atom. The van der Waals surface area contributed by atoms with Crippen molar-refractivity contribution in [3.8, 4) is 5.75 Å². The van der Waals surface area contributed by atoms with Crippen LogP contribution in [0.2, 0.25) is 0 Å². The third-order valence-corrected chi connectivity index (χ3v) is 2.73. The highest BCUT2D eigenvalue weighted by molar-refractivity contribution is 9.10. The second-order valence-corrected chi connectivity index (χ2v) is 5.14. The molecule has 0 amide bonds. The SMILES string of the molecule is CC1(C)CC(=O)c2c(F)cc(Br)cc2O1. The Morgan fingerprint density at radius 1 is 1.47 bits per heavy atom. The Bertz CT molecular complexity index is 440. The van der Waals surface area contributed by atoms with Crippen molar-refractivity contribution in [3.63, 3.8) is 0 Å². The van der Waals surface area contributed by atoms with Gasteiger partial charge in [0.15, 0.2) is 5.78 Å². The lowest BCUT2D eigenvalue weighted by molar-refractivity contribution is 0.0611. The van der Waals surface area contributed by atoms with Crippen molar-refractivity contribution in [2.45, 2.75) is 25.9 Å². The summed E-state index contributed by atoms with van der Waals surface area (Å²) in [6, 6.07) is 2.90. The van der Waals surface area contributed by atoms with Gasteiger partial charge in [-0.25, -0.2) is 4.39 Å². The van der Waals surface area contributed by atoms with E-state index < -0.39 is 11.4 Å². The zero-order valence-corrected chi connectivity index (χ0v) is 10.0. The predicted molar refractivity (Wildman–Crippen MR) is 57.8 cm³/mol. The number of Topliss-reactive ketones (excluding diaryl/α,β-unsaturated/α-hetero) is 1. The average Bonchev–Trinajstić information content (AvgIpc) is 1.97. The summed E-state index contributed by atoms with van der Waals surface area (Å²) in [6.07, 6.45) is 0.207. The third kappa shape index (κ3) is 1.91. The van der Waals surface area contributed by atoms with E-state index in [1.54, 1.807) is 6.07 Å². The first kappa shape index (κ1) is 10.6. The summed E-state index contributed by atoms with van der Waals surface area (Å²) in [5.41, 5.74) is -0.491. The smallest absolute Gasteiger partial charge is 0.173 e. The number of halogens is 2. The molecule has 0 aliphatic carbocycles. The minimum atomic E-state index is -0.558. The molecule has 0 saturated heterocycles. The van der Waals surface area contributed by atoms with E-state index in [-0.39, 0.29) is 17.8 Å². The lowest BCUT2D eigenvalue weighted by Gasteiger charge is -2.31. The van der Waals surface area contributed by atoms with Gasteiger partial charge < -0.3 is 4.74 Å². The maximum atomic E-state index is 13.5. The van der Waals surface area contributed by atoms with Gasteiger partial charge in [0, 0.05) is 4.47 Å². The molecule has 2 rings (SSSR count). The summed E-state index contributed by atoms with van der Waals surface area (Å²) in [4.78, 5) is 11.7. The Balaban J connectivity index is 2.60. The molecular formula is C11H10BrFO2. The van der Waals surface area contributed by atoms with E-state index in [9.17, 15) is 9.18 Å². The second kappa shape index (κ2) is 3.30. The van der Waals surface area contributed by atoms with Gasteiger partial charge in [-0.05, 0) is 26.0 Å². The second-order valence-electron chi connectivity index (χ2n) is 4.22. The van der Waals surface area contributed by atoms with Crippen molar-refractivity contribution >= 4 is 21.7 Å². The summed E-state index contributed by atoms with van der Waals surface area (Å²) >= 11 is 3.17. The maximum Gasteiger partial charge on any atom is 0.173 e. The minimum Gasteiger partial charge on any atom is -0.486 e. The summed E-state index contributed by atoms with van der Waals surface area (Å²) in [7, 11) is 0. The monoisotopic (exact) mass is 272 g/mol. The highest BCUT2D eigenvalue weighted by atomic mass is 79.9. The van der Waals surface area contributed by atoms with Crippen LogP contribution < -0.4 is 4.74 Å². The van der Waals surface area contributed by atoms with Crippen molar-refractivity contribution in [1.29, 1.82) is 0 Å². The number of fused-ring (bicyclic) bond motifs is 1. The van der Waals surface area contributed by atoms with Crippen molar-refractivity contribution in [2.24, 2.45) is 0 Å². The largest absolute Gasteiger partial charge is 0.486 e. The van der Waals surface area contributed by atoms with Crippen LogP contribution in [0.3, 0.4) is 0 Å². The summed E-state index contributed by atoms with van der Waals surface area (Å²) in [5.74, 6) is -0.408. The molecule has 4 heteroatoms. The van der Waals surface area contributed by atoms with E-state index in [1.165, 1.54) is 6.07 Å². The van der Waals surface area contributed by atoms with E-state index in [0.717, 1.165) is 0 Å². The molecule has 1 aromatic rings. The van der Waals surface area contributed by atoms with Crippen molar-refractivity contribution < 1.29 is 13.9 Å². The Labute approximate surface area is 95.6 Å². The fourth-order valence-corrected chi connectivity index (χ4v) is 2.12. The predicted octanol–water partition coefficient (Wildman–Crippen LogP) is 3.33. The standard InChI is InChI=1S/C11H10BrFO2/c1-11(2)5-8(14)10-7(13)3-6(12)4-9(10)15-11/h3-4H,5H2,1-2H3. The van der Waals surface area contributed by atoms with Crippen LogP contribution in [0.25, 0.3) is 0 Å². The number of carbonyl (C=O) groups excluding carboxylic acids is 1. The van der Waals surface area contributed by atoms with E-state index in [2.05, 4.69) is 15.9 Å². The molecule has 1 aliphatic rings. The normalized spacial score (nSPS) is 18.3. The van der Waals surface area contributed by atoms with Crippen LogP contribution in [0.5, 0.6) is 5.75 Å². The zero-order valence-electron chi connectivity index (χ0n) is 8.43. The van der Waals surface area contributed by atoms with Crippen LogP contribution in [0, 0.1) is 5.82 Å². The molecule has 0 atom stereocenters. The summed E-state index contributed by atoms with van der Waals surface area (Å²) < 4.78 is 19.6. The average molecular weight is 273 g/mol. The number of hydrogen-bond donors (Lipinski definition) is 0. The maximum absolute atomic E-state index is 13.5. The highest BCUT2D eigenvalue weighted by Crippen LogP contribution is 2.36. The fourth-order valence-electron chi connectivity index (χ4n) is 1.71. The van der Waals surface area contributed by atoms with Crippen molar-refractivity contribution in [1.82, 2.24) is 0 Å². The molecule has 0 radical (unpaired) electrons. The number of hydrogen-bond acceptors (Lipinski definition) is 2. The van der Waals surface area contributed by atoms with E-state index in [4.69, 9.17) is 4.74 Å². The van der Waals surface area contributed by atoms with Crippen LogP contribution in [0.15, 0.2) is 16.6 Å². The van der Waals surface area contributed by atoms with Crippen LogP contribution in [-0.4, -0.2) is 11.4 Å². The van der Waals surface area contributed by atoms with Gasteiger partial charge in [-0.1, -0.05) is 15.9 Å². The van der Waals surface area contributed by atoms with Gasteiger partial charge >= 0.3 is 0 Å². The Morgan fingerprint density at radius 3 is 2.80 bits per heavy atom. The molecule has 0 aromatic heterocycles. The molecule has 1 aromatic carbocycles. The number of rotatable bonds is 0. The first-order valence-corrected chi connectivity index (χ1v) is 5.40. The van der Waals surface area contributed by atoms with Crippen LogP contribution in [0.4, 0.5) is 4.39 Å². The zero-order chi connectivity index (χ0) is 11.2. The van der Waals surface area contributed by atoms with Gasteiger partial charge in [0.1, 0.15) is 17.2 Å². The Kier molecular flexibility index (Phi) is 2.34. The molecule has 1 aliphatic heterocycles. The molecule has 1 heterocycles. The molecule has 0 spiro atoms. The van der Waals surface area contributed by atoms with E-state index >= 15 is 0 Å². The summed E-state index contributed by atoms with van der Waals surface area (Å²) in [5, 5.41) is 0. The van der Waals surface area contributed by atoms with Gasteiger partial charge in [-0.3, -0.25) is 4.79 Å². The number of carbonyl (C=O) groups is 1. The highest BCUT2D eigenvalue weighted by Gasteiger charge is 2.34.